The van der Waals surface area contributed by atoms with Gasteiger partial charge in [-0.3, -0.25) is 10.1 Å². The van der Waals surface area contributed by atoms with E-state index in [9.17, 15) is 14.7 Å². The maximum atomic E-state index is 12.0. The molecule has 116 valence electrons. The van der Waals surface area contributed by atoms with E-state index in [0.717, 1.165) is 5.56 Å². The van der Waals surface area contributed by atoms with Gasteiger partial charge in [-0.25, -0.2) is 4.79 Å². The molecule has 1 aromatic carbocycles. The van der Waals surface area contributed by atoms with Crippen LogP contribution in [-0.4, -0.2) is 28.2 Å². The monoisotopic (exact) mass is 304 g/mol. The van der Waals surface area contributed by atoms with Crippen LogP contribution in [0, 0.1) is 13.8 Å². The molecular formula is C15H16N2O5. The number of aromatic nitrogens is 1. The minimum absolute atomic E-state index is 0.00941. The molecule has 22 heavy (non-hydrogen) atoms. The topological polar surface area (TPSA) is 102 Å². The van der Waals surface area contributed by atoms with Gasteiger partial charge in [0.1, 0.15) is 11.3 Å². The average molecular weight is 304 g/mol. The van der Waals surface area contributed by atoms with E-state index >= 15 is 0 Å². The summed E-state index contributed by atoms with van der Waals surface area (Å²) in [5.41, 5.74) is 1.42. The standard InChI is InChI=1S/C15H16N2O5/c1-8-4-5-12(18)11(6-8)15(20)21-10(3)14(19)16-13-7-9(2)17-22-13/h4-7,10,18H,1-3H3,(H,16,19)/t10-/m0/s1. The van der Waals surface area contributed by atoms with Crippen LogP contribution in [-0.2, 0) is 9.53 Å². The maximum Gasteiger partial charge on any atom is 0.342 e. The van der Waals surface area contributed by atoms with Gasteiger partial charge in [-0.15, -0.1) is 0 Å². The zero-order valence-corrected chi connectivity index (χ0v) is 12.4. The first kappa shape index (κ1) is 15.6. The number of carbonyl (C=O) groups is 2. The van der Waals surface area contributed by atoms with E-state index in [-0.39, 0.29) is 17.2 Å². The number of hydrogen-bond donors (Lipinski definition) is 2. The van der Waals surface area contributed by atoms with Crippen molar-refractivity contribution in [2.45, 2.75) is 26.9 Å². The van der Waals surface area contributed by atoms with Crippen LogP contribution in [0.2, 0.25) is 0 Å². The van der Waals surface area contributed by atoms with Gasteiger partial charge in [0, 0.05) is 6.07 Å². The number of phenols is 1. The van der Waals surface area contributed by atoms with E-state index in [1.54, 1.807) is 26.0 Å². The molecule has 0 unspecified atom stereocenters. The number of esters is 1. The summed E-state index contributed by atoms with van der Waals surface area (Å²) in [6, 6.07) is 6.09. The number of benzene rings is 1. The third-order valence-corrected chi connectivity index (χ3v) is 2.90. The fraction of sp³-hybridized carbons (Fsp3) is 0.267. The number of amides is 1. The van der Waals surface area contributed by atoms with E-state index < -0.39 is 18.0 Å². The van der Waals surface area contributed by atoms with Gasteiger partial charge in [0.15, 0.2) is 6.10 Å². The van der Waals surface area contributed by atoms with Gasteiger partial charge in [-0.2, -0.15) is 0 Å². The second kappa shape index (κ2) is 6.30. The van der Waals surface area contributed by atoms with Crippen molar-refractivity contribution in [1.82, 2.24) is 5.16 Å². The molecule has 2 aromatic rings. The van der Waals surface area contributed by atoms with Gasteiger partial charge in [-0.05, 0) is 32.9 Å². The van der Waals surface area contributed by atoms with Crippen LogP contribution in [0.15, 0.2) is 28.8 Å². The summed E-state index contributed by atoms with van der Waals surface area (Å²) in [7, 11) is 0. The Morgan fingerprint density at radius 2 is 2.05 bits per heavy atom. The van der Waals surface area contributed by atoms with Crippen LogP contribution in [0.1, 0.15) is 28.5 Å². The Balaban J connectivity index is 2.01. The third kappa shape index (κ3) is 3.63. The number of phenolic OH excluding ortho intramolecular Hbond substituents is 1. The van der Waals surface area contributed by atoms with E-state index in [4.69, 9.17) is 9.26 Å². The number of nitrogens with zero attached hydrogens (tertiary/aromatic N) is 1. The smallest absolute Gasteiger partial charge is 0.342 e. The Kier molecular flexibility index (Phi) is 4.45. The molecular weight excluding hydrogens is 288 g/mol. The van der Waals surface area contributed by atoms with Gasteiger partial charge < -0.3 is 14.4 Å². The Labute approximate surface area is 126 Å². The molecule has 0 aliphatic rings. The number of rotatable bonds is 4. The molecule has 2 N–H and O–H groups in total. The van der Waals surface area contributed by atoms with Crippen molar-refractivity contribution < 1.29 is 24.0 Å². The normalized spacial score (nSPS) is 11.8. The number of hydrogen-bond acceptors (Lipinski definition) is 6. The molecule has 0 bridgehead atoms. The van der Waals surface area contributed by atoms with Crippen LogP contribution in [0.3, 0.4) is 0 Å². The first-order chi connectivity index (χ1) is 10.4. The van der Waals surface area contributed by atoms with E-state index in [1.807, 2.05) is 0 Å². The van der Waals surface area contributed by atoms with Crippen LogP contribution in [0.25, 0.3) is 0 Å². The number of aromatic hydroxyl groups is 1. The minimum Gasteiger partial charge on any atom is -0.507 e. The summed E-state index contributed by atoms with van der Waals surface area (Å²) >= 11 is 0. The van der Waals surface area contributed by atoms with E-state index in [2.05, 4.69) is 10.5 Å². The molecule has 0 radical (unpaired) electrons. The second-order valence-corrected chi connectivity index (χ2v) is 4.89. The van der Waals surface area contributed by atoms with Crippen LogP contribution >= 0.6 is 0 Å². The van der Waals surface area contributed by atoms with Gasteiger partial charge >= 0.3 is 5.97 Å². The van der Waals surface area contributed by atoms with Crippen molar-refractivity contribution in [2.24, 2.45) is 0 Å². The van der Waals surface area contributed by atoms with Gasteiger partial charge in [0.2, 0.25) is 5.88 Å². The highest BCUT2D eigenvalue weighted by atomic mass is 16.5. The lowest BCUT2D eigenvalue weighted by atomic mass is 10.1. The third-order valence-electron chi connectivity index (χ3n) is 2.90. The number of anilines is 1. The van der Waals surface area contributed by atoms with Gasteiger partial charge in [0.25, 0.3) is 5.91 Å². The Bertz CT molecular complexity index is 708. The van der Waals surface area contributed by atoms with Crippen LogP contribution in [0.5, 0.6) is 5.75 Å². The lowest BCUT2D eigenvalue weighted by Gasteiger charge is -2.13. The predicted molar refractivity (Wildman–Crippen MR) is 77.6 cm³/mol. The summed E-state index contributed by atoms with van der Waals surface area (Å²) in [4.78, 5) is 23.9. The first-order valence-electron chi connectivity index (χ1n) is 6.61. The second-order valence-electron chi connectivity index (χ2n) is 4.89. The average Bonchev–Trinajstić information content (AvgIpc) is 2.86. The Morgan fingerprint density at radius 3 is 2.68 bits per heavy atom. The highest BCUT2D eigenvalue weighted by Gasteiger charge is 2.22. The molecule has 2 rings (SSSR count). The molecule has 7 heteroatoms. The first-order valence-corrected chi connectivity index (χ1v) is 6.61. The molecule has 1 aromatic heterocycles. The molecule has 0 spiro atoms. The lowest BCUT2D eigenvalue weighted by Crippen LogP contribution is -2.29. The minimum atomic E-state index is -1.06. The quantitative estimate of drug-likeness (QED) is 0.839. The zero-order chi connectivity index (χ0) is 16.3. The summed E-state index contributed by atoms with van der Waals surface area (Å²) in [5, 5.41) is 15.7. The number of carbonyl (C=O) groups excluding carboxylic acids is 2. The van der Waals surface area contributed by atoms with Crippen molar-refractivity contribution in [1.29, 1.82) is 0 Å². The summed E-state index contributed by atoms with van der Waals surface area (Å²) < 4.78 is 9.89. The molecule has 0 saturated carbocycles. The Hall–Kier alpha value is -2.83. The molecule has 7 nitrogen and oxygen atoms in total. The van der Waals surface area contributed by atoms with E-state index in [0.29, 0.717) is 5.69 Å². The fourth-order valence-electron chi connectivity index (χ4n) is 1.74. The summed E-state index contributed by atoms with van der Waals surface area (Å²) in [5.74, 6) is -1.37. The van der Waals surface area contributed by atoms with Crippen molar-refractivity contribution in [3.63, 3.8) is 0 Å². The number of ether oxygens (including phenoxy) is 1. The number of nitrogens with one attached hydrogen (secondary N) is 1. The van der Waals surface area contributed by atoms with Crippen molar-refractivity contribution >= 4 is 17.8 Å². The molecule has 0 aliphatic carbocycles. The predicted octanol–water partition coefficient (Wildman–Crippen LogP) is 2.18. The van der Waals surface area contributed by atoms with Gasteiger partial charge in [-0.1, -0.05) is 16.8 Å². The van der Waals surface area contributed by atoms with Crippen LogP contribution in [0.4, 0.5) is 5.88 Å². The highest BCUT2D eigenvalue weighted by molar-refractivity contribution is 5.97. The molecule has 0 aliphatic heterocycles. The largest absolute Gasteiger partial charge is 0.507 e. The number of aryl methyl sites for hydroxylation is 2. The lowest BCUT2D eigenvalue weighted by molar-refractivity contribution is -0.123. The van der Waals surface area contributed by atoms with Crippen molar-refractivity contribution in [3.8, 4) is 5.75 Å². The SMILES string of the molecule is Cc1ccc(O)c(C(=O)O[C@@H](C)C(=O)Nc2cc(C)no2)c1. The highest BCUT2D eigenvalue weighted by Crippen LogP contribution is 2.20. The van der Waals surface area contributed by atoms with E-state index in [1.165, 1.54) is 19.1 Å². The van der Waals surface area contributed by atoms with Crippen molar-refractivity contribution in [3.05, 3.63) is 41.1 Å². The van der Waals surface area contributed by atoms with Crippen molar-refractivity contribution in [2.75, 3.05) is 5.32 Å². The molecule has 0 saturated heterocycles. The summed E-state index contributed by atoms with van der Waals surface area (Å²) in [6.45, 7) is 4.91. The maximum absolute atomic E-state index is 12.0. The zero-order valence-electron chi connectivity index (χ0n) is 12.4. The van der Waals surface area contributed by atoms with Crippen LogP contribution < -0.4 is 5.32 Å². The fourth-order valence-corrected chi connectivity index (χ4v) is 1.74. The molecule has 0 fully saturated rings. The molecule has 1 atom stereocenters. The summed E-state index contributed by atoms with van der Waals surface area (Å²) in [6.07, 6.45) is -1.06. The Morgan fingerprint density at radius 1 is 1.32 bits per heavy atom. The molecule has 1 heterocycles. The molecule has 1 amide bonds. The van der Waals surface area contributed by atoms with Gasteiger partial charge in [0.05, 0.1) is 5.69 Å².